The van der Waals surface area contributed by atoms with E-state index in [0.717, 1.165) is 12.5 Å². The lowest BCUT2D eigenvalue weighted by molar-refractivity contribution is 0.249. The standard InChI is InChI=1S/C24H35N5S/c1-19(20-9-7-10-21(17-20)28-12-3-4-13-28)27-24(25-2)26-18-22(23-11-8-16-30-23)29-14-5-6-15-29/h7-11,16-17,19,22H,3-6,12-15,18H2,1-2H3,(H2,25,26,27). The molecule has 4 rings (SSSR count). The molecule has 2 unspecified atom stereocenters. The molecular formula is C24H35N5S. The Hall–Kier alpha value is -2.05. The fourth-order valence-electron chi connectivity index (χ4n) is 4.59. The number of likely N-dealkylation sites (tertiary alicyclic amines) is 1. The molecule has 2 atom stereocenters. The van der Waals surface area contributed by atoms with Crippen LogP contribution in [0.5, 0.6) is 0 Å². The Kier molecular flexibility index (Phi) is 7.28. The first-order valence-electron chi connectivity index (χ1n) is 11.3. The topological polar surface area (TPSA) is 42.9 Å². The van der Waals surface area contributed by atoms with Crippen LogP contribution in [0.2, 0.25) is 0 Å². The van der Waals surface area contributed by atoms with Crippen LogP contribution in [0.25, 0.3) is 0 Å². The van der Waals surface area contributed by atoms with Crippen LogP contribution < -0.4 is 15.5 Å². The summed E-state index contributed by atoms with van der Waals surface area (Å²) in [5.41, 5.74) is 2.64. The van der Waals surface area contributed by atoms with Crippen LogP contribution in [0.3, 0.4) is 0 Å². The molecule has 6 heteroatoms. The second-order valence-electron chi connectivity index (χ2n) is 8.38. The molecule has 30 heavy (non-hydrogen) atoms. The maximum atomic E-state index is 4.50. The third kappa shape index (κ3) is 5.16. The fraction of sp³-hybridized carbons (Fsp3) is 0.542. The van der Waals surface area contributed by atoms with Gasteiger partial charge in [0.05, 0.1) is 12.1 Å². The van der Waals surface area contributed by atoms with Gasteiger partial charge in [0.25, 0.3) is 0 Å². The second kappa shape index (κ2) is 10.3. The lowest BCUT2D eigenvalue weighted by Crippen LogP contribution is -2.43. The third-order valence-electron chi connectivity index (χ3n) is 6.33. The van der Waals surface area contributed by atoms with Gasteiger partial charge in [-0.15, -0.1) is 11.3 Å². The Bertz CT molecular complexity index is 807. The molecule has 0 spiro atoms. The monoisotopic (exact) mass is 425 g/mol. The molecule has 2 aliphatic heterocycles. The molecule has 0 bridgehead atoms. The second-order valence-corrected chi connectivity index (χ2v) is 9.36. The molecule has 2 fully saturated rings. The summed E-state index contributed by atoms with van der Waals surface area (Å²) in [5, 5.41) is 9.38. The molecule has 2 N–H and O–H groups in total. The summed E-state index contributed by atoms with van der Waals surface area (Å²) in [5.74, 6) is 0.870. The molecule has 0 radical (unpaired) electrons. The average molecular weight is 426 g/mol. The Morgan fingerprint density at radius 2 is 1.83 bits per heavy atom. The number of rotatable bonds is 7. The van der Waals surface area contributed by atoms with Gasteiger partial charge in [-0.05, 0) is 74.8 Å². The quantitative estimate of drug-likeness (QED) is 0.509. The largest absolute Gasteiger partial charge is 0.372 e. The highest BCUT2D eigenvalue weighted by atomic mass is 32.1. The van der Waals surface area contributed by atoms with Gasteiger partial charge in [0.15, 0.2) is 5.96 Å². The van der Waals surface area contributed by atoms with Gasteiger partial charge in [-0.2, -0.15) is 0 Å². The summed E-state index contributed by atoms with van der Waals surface area (Å²) in [4.78, 5) is 11.0. The van der Waals surface area contributed by atoms with E-state index >= 15 is 0 Å². The van der Waals surface area contributed by atoms with Gasteiger partial charge in [0.2, 0.25) is 0 Å². The van der Waals surface area contributed by atoms with Gasteiger partial charge in [-0.1, -0.05) is 18.2 Å². The molecule has 162 valence electrons. The van der Waals surface area contributed by atoms with Crippen LogP contribution in [0, 0.1) is 0 Å². The molecule has 0 aliphatic carbocycles. The number of nitrogens with zero attached hydrogens (tertiary/aromatic N) is 3. The Morgan fingerprint density at radius 3 is 2.53 bits per heavy atom. The zero-order valence-electron chi connectivity index (χ0n) is 18.3. The van der Waals surface area contributed by atoms with Crippen molar-refractivity contribution in [3.63, 3.8) is 0 Å². The number of hydrogen-bond donors (Lipinski definition) is 2. The van der Waals surface area contributed by atoms with Crippen molar-refractivity contribution in [3.05, 3.63) is 52.2 Å². The van der Waals surface area contributed by atoms with Crippen molar-refractivity contribution >= 4 is 23.0 Å². The number of nitrogens with one attached hydrogen (secondary N) is 2. The number of guanidine groups is 1. The Balaban J connectivity index is 1.37. The van der Waals surface area contributed by atoms with Gasteiger partial charge < -0.3 is 15.5 Å². The van der Waals surface area contributed by atoms with Crippen molar-refractivity contribution in [2.75, 3.05) is 44.7 Å². The van der Waals surface area contributed by atoms with E-state index in [9.17, 15) is 0 Å². The molecule has 0 amide bonds. The van der Waals surface area contributed by atoms with Crippen LogP contribution in [0.4, 0.5) is 5.69 Å². The summed E-state index contributed by atoms with van der Waals surface area (Å²) in [6.45, 7) is 7.82. The van der Waals surface area contributed by atoms with Crippen molar-refractivity contribution < 1.29 is 0 Å². The first-order valence-corrected chi connectivity index (χ1v) is 12.2. The highest BCUT2D eigenvalue weighted by molar-refractivity contribution is 7.10. The normalized spacial score (nSPS) is 19.8. The SMILES string of the molecule is CN=C(NCC(c1cccs1)N1CCCC1)NC(C)c1cccc(N2CCCC2)c1. The predicted octanol–water partition coefficient (Wildman–Crippen LogP) is 4.41. The molecular weight excluding hydrogens is 390 g/mol. The number of benzene rings is 1. The molecule has 0 saturated carbocycles. The lowest BCUT2D eigenvalue weighted by atomic mass is 10.1. The summed E-state index contributed by atoms with van der Waals surface area (Å²) >= 11 is 1.85. The van der Waals surface area contributed by atoms with E-state index in [1.54, 1.807) is 0 Å². The first kappa shape index (κ1) is 21.2. The molecule has 1 aromatic carbocycles. The van der Waals surface area contributed by atoms with Crippen LogP contribution in [0.1, 0.15) is 55.1 Å². The van der Waals surface area contributed by atoms with Crippen molar-refractivity contribution in [1.82, 2.24) is 15.5 Å². The number of hydrogen-bond acceptors (Lipinski definition) is 4. The van der Waals surface area contributed by atoms with E-state index in [2.05, 4.69) is 74.1 Å². The molecule has 1 aromatic heterocycles. The lowest BCUT2D eigenvalue weighted by Gasteiger charge is -2.28. The highest BCUT2D eigenvalue weighted by Crippen LogP contribution is 2.28. The van der Waals surface area contributed by atoms with Gasteiger partial charge in [-0.25, -0.2) is 0 Å². The summed E-state index contributed by atoms with van der Waals surface area (Å²) in [7, 11) is 1.86. The number of aliphatic imine (C=N–C) groups is 1. The van der Waals surface area contributed by atoms with E-state index in [-0.39, 0.29) is 6.04 Å². The van der Waals surface area contributed by atoms with Gasteiger partial charge >= 0.3 is 0 Å². The van der Waals surface area contributed by atoms with Gasteiger partial charge in [0, 0.05) is 37.2 Å². The highest BCUT2D eigenvalue weighted by Gasteiger charge is 2.24. The minimum Gasteiger partial charge on any atom is -0.372 e. The van der Waals surface area contributed by atoms with E-state index in [1.165, 1.54) is 68.0 Å². The van der Waals surface area contributed by atoms with Crippen molar-refractivity contribution in [2.45, 2.75) is 44.7 Å². The Morgan fingerprint density at radius 1 is 1.07 bits per heavy atom. The number of anilines is 1. The maximum absolute atomic E-state index is 4.50. The van der Waals surface area contributed by atoms with E-state index in [1.807, 2.05) is 18.4 Å². The maximum Gasteiger partial charge on any atom is 0.191 e. The summed E-state index contributed by atoms with van der Waals surface area (Å²) < 4.78 is 0. The molecule has 5 nitrogen and oxygen atoms in total. The third-order valence-corrected chi connectivity index (χ3v) is 7.31. The number of thiophene rings is 1. The smallest absolute Gasteiger partial charge is 0.191 e. The van der Waals surface area contributed by atoms with Crippen LogP contribution >= 0.6 is 11.3 Å². The van der Waals surface area contributed by atoms with Crippen LogP contribution in [-0.2, 0) is 0 Å². The molecule has 2 saturated heterocycles. The van der Waals surface area contributed by atoms with Gasteiger partial charge in [-0.3, -0.25) is 9.89 Å². The minimum atomic E-state index is 0.200. The minimum absolute atomic E-state index is 0.200. The first-order chi connectivity index (χ1) is 14.7. The summed E-state index contributed by atoms with van der Waals surface area (Å²) in [6, 6.07) is 14.0. The zero-order valence-corrected chi connectivity index (χ0v) is 19.1. The summed E-state index contributed by atoms with van der Waals surface area (Å²) in [6.07, 6.45) is 5.21. The van der Waals surface area contributed by atoms with E-state index < -0.39 is 0 Å². The van der Waals surface area contributed by atoms with Crippen molar-refractivity contribution in [1.29, 1.82) is 0 Å². The molecule has 2 aromatic rings. The average Bonchev–Trinajstić information content (AvgIpc) is 3.57. The van der Waals surface area contributed by atoms with Crippen molar-refractivity contribution in [3.8, 4) is 0 Å². The van der Waals surface area contributed by atoms with Crippen LogP contribution in [0.15, 0.2) is 46.8 Å². The molecule has 3 heterocycles. The zero-order chi connectivity index (χ0) is 20.8. The van der Waals surface area contributed by atoms with E-state index in [0.29, 0.717) is 6.04 Å². The van der Waals surface area contributed by atoms with Crippen LogP contribution in [-0.4, -0.2) is 50.6 Å². The Labute approximate surface area is 185 Å². The van der Waals surface area contributed by atoms with Gasteiger partial charge in [0.1, 0.15) is 0 Å². The van der Waals surface area contributed by atoms with Crippen molar-refractivity contribution in [2.24, 2.45) is 4.99 Å². The fourth-order valence-corrected chi connectivity index (χ4v) is 5.45. The van der Waals surface area contributed by atoms with E-state index in [4.69, 9.17) is 0 Å². The molecule has 2 aliphatic rings. The predicted molar refractivity (Wildman–Crippen MR) is 129 cm³/mol.